The number of benzene rings is 1. The molecule has 104 valence electrons. The lowest BCUT2D eigenvalue weighted by molar-refractivity contribution is 0.480. The van der Waals surface area contributed by atoms with Gasteiger partial charge in [-0.1, -0.05) is 32.9 Å². The molecule has 2 rings (SSSR count). The van der Waals surface area contributed by atoms with Gasteiger partial charge in [0.15, 0.2) is 0 Å². The number of amidine groups is 1. The molecule has 0 atom stereocenters. The van der Waals surface area contributed by atoms with Crippen LogP contribution in [-0.4, -0.2) is 10.8 Å². The van der Waals surface area contributed by atoms with Gasteiger partial charge in [0.1, 0.15) is 23.0 Å². The van der Waals surface area contributed by atoms with Gasteiger partial charge in [0.05, 0.1) is 0 Å². The molecule has 0 saturated heterocycles. The molecule has 0 radical (unpaired) electrons. The molecule has 0 amide bonds. The molecule has 1 heterocycles. The van der Waals surface area contributed by atoms with Gasteiger partial charge >= 0.3 is 0 Å². The lowest BCUT2D eigenvalue weighted by Crippen LogP contribution is -2.12. The summed E-state index contributed by atoms with van der Waals surface area (Å²) in [4.78, 5) is 4.00. The van der Waals surface area contributed by atoms with Gasteiger partial charge in [-0.3, -0.25) is 10.4 Å². The monoisotopic (exact) mass is 269 g/mol. The van der Waals surface area contributed by atoms with Crippen LogP contribution in [0.1, 0.15) is 32.0 Å². The molecule has 0 spiro atoms. The Morgan fingerprint density at radius 3 is 2.30 bits per heavy atom. The van der Waals surface area contributed by atoms with Crippen molar-refractivity contribution in [2.24, 2.45) is 5.73 Å². The van der Waals surface area contributed by atoms with Crippen LogP contribution >= 0.6 is 0 Å². The standard InChI is InChI=1S/C16H19N3O/c1-16(2,3)11-4-6-12(7-5-11)20-13-8-9-19-14(10-13)15(17)18/h4-10H,1-3H3,(H3,17,18). The first-order valence-corrected chi connectivity index (χ1v) is 6.45. The van der Waals surface area contributed by atoms with E-state index in [1.807, 2.05) is 12.1 Å². The van der Waals surface area contributed by atoms with Gasteiger partial charge < -0.3 is 10.5 Å². The second kappa shape index (κ2) is 5.33. The van der Waals surface area contributed by atoms with Crippen LogP contribution in [0.4, 0.5) is 0 Å². The molecular formula is C16H19N3O. The molecule has 0 aliphatic carbocycles. The van der Waals surface area contributed by atoms with Crippen molar-refractivity contribution < 1.29 is 4.74 Å². The Bertz CT molecular complexity index is 612. The van der Waals surface area contributed by atoms with Gasteiger partial charge in [-0.15, -0.1) is 0 Å². The molecule has 1 aromatic heterocycles. The first-order chi connectivity index (χ1) is 9.36. The summed E-state index contributed by atoms with van der Waals surface area (Å²) in [5.41, 5.74) is 7.20. The van der Waals surface area contributed by atoms with Gasteiger partial charge in [0, 0.05) is 12.3 Å². The number of hydrogen-bond acceptors (Lipinski definition) is 3. The summed E-state index contributed by atoms with van der Waals surface area (Å²) in [5.74, 6) is 1.30. The smallest absolute Gasteiger partial charge is 0.141 e. The number of aromatic nitrogens is 1. The highest BCUT2D eigenvalue weighted by molar-refractivity contribution is 5.93. The van der Waals surface area contributed by atoms with Crippen LogP contribution in [0.15, 0.2) is 42.6 Å². The molecule has 0 bridgehead atoms. The number of rotatable bonds is 3. The van der Waals surface area contributed by atoms with Gasteiger partial charge in [-0.05, 0) is 29.2 Å². The number of hydrogen-bond donors (Lipinski definition) is 2. The normalized spacial score (nSPS) is 11.2. The molecule has 0 aliphatic rings. The van der Waals surface area contributed by atoms with Crippen molar-refractivity contribution in [2.45, 2.75) is 26.2 Å². The third-order valence-electron chi connectivity index (χ3n) is 2.96. The average molecular weight is 269 g/mol. The fourth-order valence-electron chi connectivity index (χ4n) is 1.78. The Kier molecular flexibility index (Phi) is 3.74. The molecule has 1 aromatic carbocycles. The van der Waals surface area contributed by atoms with E-state index in [1.54, 1.807) is 18.3 Å². The van der Waals surface area contributed by atoms with Crippen LogP contribution in [0.3, 0.4) is 0 Å². The lowest BCUT2D eigenvalue weighted by atomic mass is 9.87. The van der Waals surface area contributed by atoms with Crippen LogP contribution in [0.25, 0.3) is 0 Å². The maximum atomic E-state index is 7.37. The van der Waals surface area contributed by atoms with Gasteiger partial charge in [-0.25, -0.2) is 0 Å². The Morgan fingerprint density at radius 1 is 1.10 bits per heavy atom. The molecule has 3 N–H and O–H groups in total. The summed E-state index contributed by atoms with van der Waals surface area (Å²) >= 11 is 0. The van der Waals surface area contributed by atoms with Crippen molar-refractivity contribution >= 4 is 5.84 Å². The van der Waals surface area contributed by atoms with Crippen LogP contribution in [-0.2, 0) is 5.41 Å². The third-order valence-corrected chi connectivity index (χ3v) is 2.96. The van der Waals surface area contributed by atoms with E-state index in [-0.39, 0.29) is 11.3 Å². The SMILES string of the molecule is CC(C)(C)c1ccc(Oc2ccnc(C(=N)N)c2)cc1. The summed E-state index contributed by atoms with van der Waals surface area (Å²) < 4.78 is 5.74. The maximum Gasteiger partial charge on any atom is 0.141 e. The van der Waals surface area contributed by atoms with Crippen molar-refractivity contribution in [1.82, 2.24) is 4.98 Å². The summed E-state index contributed by atoms with van der Waals surface area (Å²) in [6.45, 7) is 6.51. The molecule has 4 heteroatoms. The van der Waals surface area contributed by atoms with E-state index in [2.05, 4.69) is 37.9 Å². The average Bonchev–Trinajstić information content (AvgIpc) is 2.38. The number of pyridine rings is 1. The lowest BCUT2D eigenvalue weighted by Gasteiger charge is -2.19. The minimum absolute atomic E-state index is 0.0708. The quantitative estimate of drug-likeness (QED) is 0.662. The predicted molar refractivity (Wildman–Crippen MR) is 80.5 cm³/mol. The highest BCUT2D eigenvalue weighted by atomic mass is 16.5. The van der Waals surface area contributed by atoms with E-state index < -0.39 is 0 Å². The van der Waals surface area contributed by atoms with Crippen LogP contribution < -0.4 is 10.5 Å². The summed E-state index contributed by atoms with van der Waals surface area (Å²) in [7, 11) is 0. The summed E-state index contributed by atoms with van der Waals surface area (Å²) in [6, 6.07) is 11.4. The first kappa shape index (κ1) is 14.1. The van der Waals surface area contributed by atoms with E-state index in [9.17, 15) is 0 Å². The van der Waals surface area contributed by atoms with Crippen molar-refractivity contribution in [3.05, 3.63) is 53.9 Å². The van der Waals surface area contributed by atoms with Crippen molar-refractivity contribution in [1.29, 1.82) is 5.41 Å². The molecule has 2 aromatic rings. The predicted octanol–water partition coefficient (Wildman–Crippen LogP) is 3.46. The summed E-state index contributed by atoms with van der Waals surface area (Å²) in [5, 5.41) is 7.37. The third kappa shape index (κ3) is 3.35. The van der Waals surface area contributed by atoms with Crippen LogP contribution in [0, 0.1) is 5.41 Å². The maximum absolute atomic E-state index is 7.37. The largest absolute Gasteiger partial charge is 0.457 e. The number of nitrogens with zero attached hydrogens (tertiary/aromatic N) is 1. The second-order valence-electron chi connectivity index (χ2n) is 5.67. The molecule has 20 heavy (non-hydrogen) atoms. The van der Waals surface area contributed by atoms with E-state index in [0.717, 1.165) is 5.75 Å². The topological polar surface area (TPSA) is 72.0 Å². The van der Waals surface area contributed by atoms with E-state index in [1.165, 1.54) is 5.56 Å². The minimum atomic E-state index is -0.0708. The van der Waals surface area contributed by atoms with Gasteiger partial charge in [0.2, 0.25) is 0 Å². The van der Waals surface area contributed by atoms with Crippen LogP contribution in [0.2, 0.25) is 0 Å². The number of nitrogens with two attached hydrogens (primary N) is 1. The van der Waals surface area contributed by atoms with Gasteiger partial charge in [-0.2, -0.15) is 0 Å². The fraction of sp³-hybridized carbons (Fsp3) is 0.250. The van der Waals surface area contributed by atoms with E-state index in [4.69, 9.17) is 15.9 Å². The highest BCUT2D eigenvalue weighted by Gasteiger charge is 2.13. The van der Waals surface area contributed by atoms with E-state index in [0.29, 0.717) is 11.4 Å². The molecule has 0 unspecified atom stereocenters. The van der Waals surface area contributed by atoms with Crippen LogP contribution in [0.5, 0.6) is 11.5 Å². The fourth-order valence-corrected chi connectivity index (χ4v) is 1.78. The molecular weight excluding hydrogens is 250 g/mol. The zero-order valence-electron chi connectivity index (χ0n) is 12.0. The Hall–Kier alpha value is -2.36. The Labute approximate surface area is 119 Å². The van der Waals surface area contributed by atoms with Gasteiger partial charge in [0.25, 0.3) is 0 Å². The van der Waals surface area contributed by atoms with Crippen molar-refractivity contribution in [3.8, 4) is 11.5 Å². The number of nitrogens with one attached hydrogen (secondary N) is 1. The number of nitrogen functional groups attached to an aromatic ring is 1. The Morgan fingerprint density at radius 2 is 1.75 bits per heavy atom. The zero-order valence-corrected chi connectivity index (χ0v) is 12.0. The summed E-state index contributed by atoms with van der Waals surface area (Å²) in [6.07, 6.45) is 1.58. The highest BCUT2D eigenvalue weighted by Crippen LogP contribution is 2.26. The van der Waals surface area contributed by atoms with Crippen molar-refractivity contribution in [2.75, 3.05) is 0 Å². The molecule has 4 nitrogen and oxygen atoms in total. The Balaban J connectivity index is 2.18. The van der Waals surface area contributed by atoms with Crippen molar-refractivity contribution in [3.63, 3.8) is 0 Å². The molecule has 0 saturated carbocycles. The second-order valence-corrected chi connectivity index (χ2v) is 5.67. The number of ether oxygens (including phenoxy) is 1. The minimum Gasteiger partial charge on any atom is -0.457 e. The van der Waals surface area contributed by atoms with E-state index >= 15 is 0 Å². The molecule has 0 aliphatic heterocycles. The first-order valence-electron chi connectivity index (χ1n) is 6.45. The zero-order chi connectivity index (χ0) is 14.8. The molecule has 0 fully saturated rings.